The molecule has 0 spiro atoms. The number of hydrogen-bond donors (Lipinski definition) is 1. The molecule has 19 heavy (non-hydrogen) atoms. The van der Waals surface area contributed by atoms with E-state index >= 15 is 0 Å². The first kappa shape index (κ1) is 14.0. The van der Waals surface area contributed by atoms with Crippen LogP contribution < -0.4 is 5.32 Å². The van der Waals surface area contributed by atoms with Crippen molar-refractivity contribution in [3.05, 3.63) is 33.9 Å². The molecule has 0 radical (unpaired) electrons. The van der Waals surface area contributed by atoms with Crippen molar-refractivity contribution in [2.75, 3.05) is 11.6 Å². The Morgan fingerprint density at radius 3 is 2.68 bits per heavy atom. The van der Waals surface area contributed by atoms with E-state index in [0.29, 0.717) is 12.4 Å². The van der Waals surface area contributed by atoms with Crippen LogP contribution in [0.25, 0.3) is 0 Å². The Balaban J connectivity index is 2.23. The van der Waals surface area contributed by atoms with Crippen molar-refractivity contribution in [3.63, 3.8) is 0 Å². The van der Waals surface area contributed by atoms with Crippen molar-refractivity contribution in [3.8, 4) is 0 Å². The summed E-state index contributed by atoms with van der Waals surface area (Å²) in [6.45, 7) is 4.41. The number of hydrogen-bond acceptors (Lipinski definition) is 6. The van der Waals surface area contributed by atoms with Crippen LogP contribution in [0.3, 0.4) is 0 Å². The molecule has 102 valence electrons. The third-order valence-electron chi connectivity index (χ3n) is 2.59. The zero-order valence-corrected chi connectivity index (χ0v) is 12.6. The van der Waals surface area contributed by atoms with Crippen LogP contribution in [-0.2, 0) is 16.4 Å². The van der Waals surface area contributed by atoms with Gasteiger partial charge in [-0.05, 0) is 26.0 Å². The van der Waals surface area contributed by atoms with E-state index in [-0.39, 0.29) is 4.90 Å². The number of nitrogens with one attached hydrogen (secondary N) is 1. The molecule has 0 aliphatic heterocycles. The molecule has 0 saturated heterocycles. The average molecular weight is 297 g/mol. The minimum absolute atomic E-state index is 0.217. The van der Waals surface area contributed by atoms with Crippen molar-refractivity contribution in [1.29, 1.82) is 0 Å². The maximum absolute atomic E-state index is 11.6. The van der Waals surface area contributed by atoms with E-state index in [1.165, 1.54) is 6.26 Å². The highest BCUT2D eigenvalue weighted by Crippen LogP contribution is 2.21. The zero-order chi connectivity index (χ0) is 14.0. The van der Waals surface area contributed by atoms with E-state index in [4.69, 9.17) is 0 Å². The Morgan fingerprint density at radius 2 is 2.11 bits per heavy atom. The fourth-order valence-electron chi connectivity index (χ4n) is 1.72. The van der Waals surface area contributed by atoms with Gasteiger partial charge in [0.25, 0.3) is 0 Å². The molecule has 2 aromatic rings. The van der Waals surface area contributed by atoms with Gasteiger partial charge in [-0.2, -0.15) is 0 Å². The van der Waals surface area contributed by atoms with Crippen molar-refractivity contribution in [2.24, 2.45) is 0 Å². The van der Waals surface area contributed by atoms with Crippen molar-refractivity contribution in [2.45, 2.75) is 25.3 Å². The lowest BCUT2D eigenvalue weighted by Crippen LogP contribution is -2.07. The summed E-state index contributed by atoms with van der Waals surface area (Å²) in [5.74, 6) is 0.385. The second kappa shape index (κ2) is 5.26. The van der Waals surface area contributed by atoms with Crippen LogP contribution in [0.4, 0.5) is 5.82 Å². The predicted octanol–water partition coefficient (Wildman–Crippen LogP) is 2.17. The summed E-state index contributed by atoms with van der Waals surface area (Å²) < 4.78 is 23.3. The lowest BCUT2D eigenvalue weighted by Gasteiger charge is -2.08. The van der Waals surface area contributed by atoms with E-state index < -0.39 is 9.84 Å². The highest BCUT2D eigenvalue weighted by atomic mass is 32.2. The van der Waals surface area contributed by atoms with E-state index in [1.54, 1.807) is 29.7 Å². The third-order valence-corrected chi connectivity index (χ3v) is 4.79. The average Bonchev–Trinajstić information content (AvgIpc) is 2.64. The SMILES string of the molecule is Cc1nc(C)c(CNc2ncccc2S(C)(=O)=O)s1. The molecule has 2 aromatic heterocycles. The van der Waals surface area contributed by atoms with Gasteiger partial charge in [0, 0.05) is 17.3 Å². The molecule has 0 bridgehead atoms. The molecule has 0 amide bonds. The molecule has 2 rings (SSSR count). The minimum Gasteiger partial charge on any atom is -0.364 e. The number of thiazole rings is 1. The van der Waals surface area contributed by atoms with Crippen LogP contribution in [-0.4, -0.2) is 24.6 Å². The molecule has 0 fully saturated rings. The van der Waals surface area contributed by atoms with E-state index in [2.05, 4.69) is 15.3 Å². The summed E-state index contributed by atoms with van der Waals surface area (Å²) in [4.78, 5) is 9.73. The van der Waals surface area contributed by atoms with Crippen molar-refractivity contribution >= 4 is 27.0 Å². The third kappa shape index (κ3) is 3.30. The fraction of sp³-hybridized carbons (Fsp3) is 0.333. The van der Waals surface area contributed by atoms with E-state index in [1.807, 2.05) is 13.8 Å². The summed E-state index contributed by atoms with van der Waals surface area (Å²) in [6.07, 6.45) is 2.75. The summed E-state index contributed by atoms with van der Waals surface area (Å²) >= 11 is 1.60. The molecule has 0 atom stereocenters. The molecule has 0 saturated carbocycles. The van der Waals surface area contributed by atoms with Gasteiger partial charge in [-0.1, -0.05) is 0 Å². The second-order valence-corrected chi connectivity index (χ2v) is 7.49. The fourth-order valence-corrected chi connectivity index (χ4v) is 3.40. The predicted molar refractivity (Wildman–Crippen MR) is 76.3 cm³/mol. The summed E-state index contributed by atoms with van der Waals surface area (Å²) in [7, 11) is -3.28. The summed E-state index contributed by atoms with van der Waals surface area (Å²) in [5, 5.41) is 4.07. The molecule has 0 aromatic carbocycles. The molecule has 1 N–H and O–H groups in total. The van der Waals surface area contributed by atoms with Crippen molar-refractivity contribution in [1.82, 2.24) is 9.97 Å². The second-order valence-electron chi connectivity index (χ2n) is 4.22. The topological polar surface area (TPSA) is 72.0 Å². The van der Waals surface area contributed by atoms with Crippen molar-refractivity contribution < 1.29 is 8.42 Å². The summed E-state index contributed by atoms with van der Waals surface area (Å²) in [6, 6.07) is 3.17. The van der Waals surface area contributed by atoms with Gasteiger partial charge in [-0.3, -0.25) is 0 Å². The van der Waals surface area contributed by atoms with Gasteiger partial charge in [0.2, 0.25) is 0 Å². The van der Waals surface area contributed by atoms with Crippen LogP contribution in [0, 0.1) is 13.8 Å². The van der Waals surface area contributed by atoms with Gasteiger partial charge >= 0.3 is 0 Å². The van der Waals surface area contributed by atoms with Gasteiger partial charge in [-0.25, -0.2) is 18.4 Å². The van der Waals surface area contributed by atoms with Crippen LogP contribution in [0.1, 0.15) is 15.6 Å². The first-order valence-electron chi connectivity index (χ1n) is 5.70. The maximum Gasteiger partial charge on any atom is 0.179 e. The van der Waals surface area contributed by atoms with E-state index in [0.717, 1.165) is 15.6 Å². The van der Waals surface area contributed by atoms with Gasteiger partial charge in [0.15, 0.2) is 9.84 Å². The highest BCUT2D eigenvalue weighted by Gasteiger charge is 2.14. The lowest BCUT2D eigenvalue weighted by atomic mass is 10.4. The van der Waals surface area contributed by atoms with Crippen LogP contribution in [0.15, 0.2) is 23.2 Å². The van der Waals surface area contributed by atoms with Gasteiger partial charge in [0.1, 0.15) is 10.7 Å². The zero-order valence-electron chi connectivity index (χ0n) is 11.0. The number of nitrogens with zero attached hydrogens (tertiary/aromatic N) is 2. The monoisotopic (exact) mass is 297 g/mol. The number of pyridine rings is 1. The first-order valence-corrected chi connectivity index (χ1v) is 8.40. The number of aryl methyl sites for hydroxylation is 2. The molecule has 0 aliphatic rings. The molecule has 7 heteroatoms. The van der Waals surface area contributed by atoms with Crippen LogP contribution >= 0.6 is 11.3 Å². The Labute approximate surface area is 116 Å². The number of sulfone groups is 1. The smallest absolute Gasteiger partial charge is 0.179 e. The van der Waals surface area contributed by atoms with Gasteiger partial charge in [-0.15, -0.1) is 11.3 Å². The Kier molecular flexibility index (Phi) is 3.86. The normalized spacial score (nSPS) is 11.5. The number of rotatable bonds is 4. The quantitative estimate of drug-likeness (QED) is 0.936. The molecule has 0 unspecified atom stereocenters. The molecule has 5 nitrogen and oxygen atoms in total. The molecular weight excluding hydrogens is 282 g/mol. The Hall–Kier alpha value is -1.47. The standard InChI is InChI=1S/C12H15N3O2S2/c1-8-10(18-9(2)15-8)7-14-12-11(19(3,16)17)5-4-6-13-12/h4-6H,7H2,1-3H3,(H,13,14). The lowest BCUT2D eigenvalue weighted by molar-refractivity contribution is 0.602. The van der Waals surface area contributed by atoms with Crippen LogP contribution in [0.5, 0.6) is 0 Å². The van der Waals surface area contributed by atoms with Crippen LogP contribution in [0.2, 0.25) is 0 Å². The number of anilines is 1. The summed E-state index contributed by atoms with van der Waals surface area (Å²) in [5.41, 5.74) is 0.965. The Bertz CT molecular complexity index is 693. The van der Waals surface area contributed by atoms with E-state index in [9.17, 15) is 8.42 Å². The maximum atomic E-state index is 11.6. The molecule has 0 aliphatic carbocycles. The minimum atomic E-state index is -3.28. The highest BCUT2D eigenvalue weighted by molar-refractivity contribution is 7.90. The largest absolute Gasteiger partial charge is 0.364 e. The molecule has 2 heterocycles. The number of aromatic nitrogens is 2. The van der Waals surface area contributed by atoms with Gasteiger partial charge < -0.3 is 5.32 Å². The molecular formula is C12H15N3O2S2. The Morgan fingerprint density at radius 1 is 1.37 bits per heavy atom. The van der Waals surface area contributed by atoms with Gasteiger partial charge in [0.05, 0.1) is 17.2 Å². The first-order chi connectivity index (χ1) is 8.88.